The fraction of sp³-hybridized carbons (Fsp3) is 0.682. The van der Waals surface area contributed by atoms with Crippen molar-refractivity contribution in [1.82, 2.24) is 5.32 Å². The lowest BCUT2D eigenvalue weighted by Crippen LogP contribution is -2.59. The van der Waals surface area contributed by atoms with Gasteiger partial charge in [-0.15, -0.1) is 0 Å². The highest BCUT2D eigenvalue weighted by Crippen LogP contribution is 2.70. The van der Waals surface area contributed by atoms with Crippen LogP contribution in [0.5, 0.6) is 0 Å². The monoisotopic (exact) mass is 359 g/mol. The Labute approximate surface area is 155 Å². The van der Waals surface area contributed by atoms with Crippen LogP contribution < -0.4 is 5.32 Å². The molecular formula is C22H30FNO2. The van der Waals surface area contributed by atoms with Crippen LogP contribution in [0.3, 0.4) is 0 Å². The SMILES string of the molecule is CC(C)C(=O)N[C@@H]1C(C)(C)[C@@H]2C[C@@H]3[C@@H](c4cccc(F)c4)OCCC31C2. The van der Waals surface area contributed by atoms with Crippen LogP contribution in [0.25, 0.3) is 0 Å². The molecule has 1 heterocycles. The molecule has 1 aromatic rings. The molecule has 2 aliphatic carbocycles. The second-order valence-corrected chi connectivity index (χ2v) is 9.49. The van der Waals surface area contributed by atoms with Gasteiger partial charge in [0.2, 0.25) is 5.91 Å². The maximum atomic E-state index is 13.8. The second kappa shape index (κ2) is 6.05. The Morgan fingerprint density at radius 2 is 2.12 bits per heavy atom. The number of carbonyl (C=O) groups excluding carboxylic acids is 1. The van der Waals surface area contributed by atoms with Gasteiger partial charge in [-0.05, 0) is 59.6 Å². The molecule has 1 unspecified atom stereocenters. The molecule has 1 amide bonds. The molecular weight excluding hydrogens is 329 g/mol. The summed E-state index contributed by atoms with van der Waals surface area (Å²) >= 11 is 0. The van der Waals surface area contributed by atoms with Crippen molar-refractivity contribution in [3.05, 3.63) is 35.6 Å². The Bertz CT molecular complexity index is 716. The largest absolute Gasteiger partial charge is 0.373 e. The average molecular weight is 359 g/mol. The molecule has 3 nitrogen and oxygen atoms in total. The first-order valence-electron chi connectivity index (χ1n) is 9.93. The number of fused-ring (bicyclic) bond motifs is 1. The van der Waals surface area contributed by atoms with Crippen molar-refractivity contribution < 1.29 is 13.9 Å². The molecule has 5 atom stereocenters. The standard InChI is InChI=1S/C22H30FNO2/c1-13(2)19(25)24-20-21(3,4)15-11-17-18(14-6-5-7-16(23)10-14)26-9-8-22(17,20)12-15/h5-7,10,13,15,17-18,20H,8-9,11-12H2,1-4H3,(H,24,25)/t15-,17-,18-,20-,22?/m1/s1. The molecule has 1 aromatic carbocycles. The van der Waals surface area contributed by atoms with Crippen LogP contribution >= 0.6 is 0 Å². The Morgan fingerprint density at radius 3 is 2.81 bits per heavy atom. The molecule has 1 aliphatic heterocycles. The van der Waals surface area contributed by atoms with E-state index in [0.29, 0.717) is 18.4 Å². The maximum Gasteiger partial charge on any atom is 0.222 e. The van der Waals surface area contributed by atoms with Crippen molar-refractivity contribution in [2.75, 3.05) is 6.61 Å². The van der Waals surface area contributed by atoms with E-state index in [1.807, 2.05) is 19.9 Å². The summed E-state index contributed by atoms with van der Waals surface area (Å²) in [6, 6.07) is 7.00. The number of rotatable bonds is 3. The number of ether oxygens (including phenoxy) is 1. The first kappa shape index (κ1) is 18.0. The number of nitrogens with one attached hydrogen (secondary N) is 1. The van der Waals surface area contributed by atoms with Gasteiger partial charge in [-0.3, -0.25) is 4.79 Å². The van der Waals surface area contributed by atoms with E-state index in [2.05, 4.69) is 19.2 Å². The first-order chi connectivity index (χ1) is 12.3. The van der Waals surface area contributed by atoms with Crippen molar-refractivity contribution in [3.8, 4) is 0 Å². The highest BCUT2D eigenvalue weighted by molar-refractivity contribution is 5.78. The minimum atomic E-state index is -0.209. The summed E-state index contributed by atoms with van der Waals surface area (Å²) in [5, 5.41) is 3.40. The predicted octanol–water partition coefficient (Wildman–Crippen LogP) is 4.48. The number of carbonyl (C=O) groups is 1. The minimum Gasteiger partial charge on any atom is -0.373 e. The topological polar surface area (TPSA) is 38.3 Å². The van der Waals surface area contributed by atoms with E-state index in [0.717, 1.165) is 24.8 Å². The van der Waals surface area contributed by atoms with Crippen LogP contribution in [0.2, 0.25) is 0 Å². The zero-order chi connectivity index (χ0) is 18.7. The van der Waals surface area contributed by atoms with Gasteiger partial charge in [0, 0.05) is 18.6 Å². The molecule has 1 spiro atoms. The maximum absolute atomic E-state index is 13.8. The summed E-state index contributed by atoms with van der Waals surface area (Å²) in [7, 11) is 0. The lowest BCUT2D eigenvalue weighted by Gasteiger charge is -2.53. The number of amides is 1. The summed E-state index contributed by atoms with van der Waals surface area (Å²) in [6.07, 6.45) is 3.15. The van der Waals surface area contributed by atoms with Gasteiger partial charge >= 0.3 is 0 Å². The van der Waals surface area contributed by atoms with Crippen LogP contribution in [-0.4, -0.2) is 18.6 Å². The van der Waals surface area contributed by atoms with Crippen LogP contribution in [-0.2, 0) is 9.53 Å². The first-order valence-corrected chi connectivity index (χ1v) is 9.93. The van der Waals surface area contributed by atoms with E-state index in [1.165, 1.54) is 6.07 Å². The quantitative estimate of drug-likeness (QED) is 0.864. The van der Waals surface area contributed by atoms with Crippen molar-refractivity contribution >= 4 is 5.91 Å². The van der Waals surface area contributed by atoms with Gasteiger partial charge in [0.05, 0.1) is 6.10 Å². The molecule has 1 saturated heterocycles. The molecule has 0 aromatic heterocycles. The van der Waals surface area contributed by atoms with Crippen LogP contribution in [0.4, 0.5) is 4.39 Å². The molecule has 0 radical (unpaired) electrons. The fourth-order valence-corrected chi connectivity index (χ4v) is 6.11. The molecule has 4 rings (SSSR count). The third kappa shape index (κ3) is 2.52. The summed E-state index contributed by atoms with van der Waals surface area (Å²) in [5.74, 6) is 0.825. The third-order valence-electron chi connectivity index (χ3n) is 7.49. The molecule has 3 aliphatic rings. The highest BCUT2D eigenvalue weighted by Gasteiger charge is 2.68. The lowest BCUT2D eigenvalue weighted by molar-refractivity contribution is -0.139. The zero-order valence-electron chi connectivity index (χ0n) is 16.2. The molecule has 2 bridgehead atoms. The van der Waals surface area contributed by atoms with Gasteiger partial charge in [0.25, 0.3) is 0 Å². The Morgan fingerprint density at radius 1 is 1.35 bits per heavy atom. The van der Waals surface area contributed by atoms with Crippen molar-refractivity contribution in [2.45, 2.75) is 59.1 Å². The molecule has 4 heteroatoms. The number of benzene rings is 1. The predicted molar refractivity (Wildman–Crippen MR) is 98.9 cm³/mol. The van der Waals surface area contributed by atoms with Crippen LogP contribution in [0.1, 0.15) is 58.6 Å². The summed E-state index contributed by atoms with van der Waals surface area (Å²) < 4.78 is 20.0. The number of hydrogen-bond donors (Lipinski definition) is 1. The smallest absolute Gasteiger partial charge is 0.222 e. The summed E-state index contributed by atoms with van der Waals surface area (Å²) in [5.41, 5.74) is 1.09. The summed E-state index contributed by atoms with van der Waals surface area (Å²) in [4.78, 5) is 12.5. The van der Waals surface area contributed by atoms with Gasteiger partial charge in [-0.1, -0.05) is 39.8 Å². The van der Waals surface area contributed by atoms with Crippen molar-refractivity contribution in [3.63, 3.8) is 0 Å². The van der Waals surface area contributed by atoms with Crippen LogP contribution in [0.15, 0.2) is 24.3 Å². The number of halogens is 1. The van der Waals surface area contributed by atoms with Gasteiger partial charge in [0.1, 0.15) is 5.82 Å². The van der Waals surface area contributed by atoms with E-state index in [1.54, 1.807) is 12.1 Å². The molecule has 3 fully saturated rings. The minimum absolute atomic E-state index is 0.0152. The van der Waals surface area contributed by atoms with Gasteiger partial charge in [-0.25, -0.2) is 4.39 Å². The normalized spacial score (nSPS) is 37.6. The van der Waals surface area contributed by atoms with Gasteiger partial charge in [0.15, 0.2) is 0 Å². The van der Waals surface area contributed by atoms with E-state index < -0.39 is 0 Å². The molecule has 1 N–H and O–H groups in total. The van der Waals surface area contributed by atoms with Crippen molar-refractivity contribution in [1.29, 1.82) is 0 Å². The van der Waals surface area contributed by atoms with E-state index in [-0.39, 0.29) is 40.6 Å². The average Bonchev–Trinajstić information content (AvgIpc) is 3.07. The number of hydrogen-bond acceptors (Lipinski definition) is 2. The van der Waals surface area contributed by atoms with Crippen molar-refractivity contribution in [2.24, 2.45) is 28.6 Å². The Balaban J connectivity index is 1.69. The summed E-state index contributed by atoms with van der Waals surface area (Å²) in [6.45, 7) is 9.18. The fourth-order valence-electron chi connectivity index (χ4n) is 6.11. The zero-order valence-corrected chi connectivity index (χ0v) is 16.2. The lowest BCUT2D eigenvalue weighted by atomic mass is 9.58. The Hall–Kier alpha value is -1.42. The van der Waals surface area contributed by atoms with E-state index in [9.17, 15) is 9.18 Å². The second-order valence-electron chi connectivity index (χ2n) is 9.49. The third-order valence-corrected chi connectivity index (χ3v) is 7.49. The molecule has 2 saturated carbocycles. The van der Waals surface area contributed by atoms with E-state index in [4.69, 9.17) is 4.74 Å². The van der Waals surface area contributed by atoms with E-state index >= 15 is 0 Å². The van der Waals surface area contributed by atoms with Gasteiger partial charge in [-0.2, -0.15) is 0 Å². The highest BCUT2D eigenvalue weighted by atomic mass is 19.1. The molecule has 142 valence electrons. The van der Waals surface area contributed by atoms with Crippen LogP contribution in [0, 0.1) is 34.4 Å². The van der Waals surface area contributed by atoms with Gasteiger partial charge < -0.3 is 10.1 Å². The Kier molecular flexibility index (Phi) is 4.18. The molecule has 26 heavy (non-hydrogen) atoms.